The van der Waals surface area contributed by atoms with Gasteiger partial charge in [0, 0.05) is 0 Å². The van der Waals surface area contributed by atoms with E-state index in [0.29, 0.717) is 10.4 Å². The second kappa shape index (κ2) is 3.53. The van der Waals surface area contributed by atoms with Crippen LogP contribution in [-0.4, -0.2) is 18.0 Å². The summed E-state index contributed by atoms with van der Waals surface area (Å²) in [6.45, 7) is 0. The SMILES string of the molecule is COc1nc(C(N)=O)ccc1Br. The zero-order chi connectivity index (χ0) is 9.14. The Bertz CT molecular complexity index is 314. The molecule has 4 nitrogen and oxygen atoms in total. The van der Waals surface area contributed by atoms with Gasteiger partial charge in [-0.25, -0.2) is 4.98 Å². The van der Waals surface area contributed by atoms with E-state index < -0.39 is 5.91 Å². The molecule has 0 fully saturated rings. The molecular formula is C7H7BrN2O2. The van der Waals surface area contributed by atoms with Crippen LogP contribution < -0.4 is 10.5 Å². The molecule has 0 saturated carbocycles. The Morgan fingerprint density at radius 2 is 2.33 bits per heavy atom. The molecule has 12 heavy (non-hydrogen) atoms. The molecule has 0 saturated heterocycles. The number of carbonyl (C=O) groups is 1. The van der Waals surface area contributed by atoms with Crippen molar-refractivity contribution >= 4 is 21.8 Å². The van der Waals surface area contributed by atoms with Crippen molar-refractivity contribution < 1.29 is 9.53 Å². The van der Waals surface area contributed by atoms with Crippen molar-refractivity contribution in [2.24, 2.45) is 5.73 Å². The highest BCUT2D eigenvalue weighted by Gasteiger charge is 2.06. The third-order valence-corrected chi connectivity index (χ3v) is 1.86. The van der Waals surface area contributed by atoms with E-state index in [0.717, 1.165) is 0 Å². The van der Waals surface area contributed by atoms with Gasteiger partial charge in [-0.15, -0.1) is 0 Å². The van der Waals surface area contributed by atoms with Gasteiger partial charge in [-0.2, -0.15) is 0 Å². The second-order valence-electron chi connectivity index (χ2n) is 2.05. The Labute approximate surface area is 77.9 Å². The fourth-order valence-electron chi connectivity index (χ4n) is 0.704. The lowest BCUT2D eigenvalue weighted by Gasteiger charge is -2.02. The van der Waals surface area contributed by atoms with Gasteiger partial charge in [-0.05, 0) is 28.1 Å². The van der Waals surface area contributed by atoms with Crippen LogP contribution in [0, 0.1) is 0 Å². The van der Waals surface area contributed by atoms with Gasteiger partial charge in [0.05, 0.1) is 11.6 Å². The Balaban J connectivity index is 3.13. The lowest BCUT2D eigenvalue weighted by Crippen LogP contribution is -2.13. The van der Waals surface area contributed by atoms with Crippen LogP contribution in [0.3, 0.4) is 0 Å². The summed E-state index contributed by atoms with van der Waals surface area (Å²) in [5.74, 6) is -0.216. The van der Waals surface area contributed by atoms with E-state index >= 15 is 0 Å². The minimum absolute atomic E-state index is 0.190. The predicted octanol–water partition coefficient (Wildman–Crippen LogP) is 0.952. The van der Waals surface area contributed by atoms with E-state index in [4.69, 9.17) is 10.5 Å². The summed E-state index contributed by atoms with van der Waals surface area (Å²) in [6, 6.07) is 3.18. The Morgan fingerprint density at radius 3 is 2.83 bits per heavy atom. The van der Waals surface area contributed by atoms with Gasteiger partial charge in [0.25, 0.3) is 5.91 Å². The van der Waals surface area contributed by atoms with Crippen LogP contribution in [-0.2, 0) is 0 Å². The first-order chi connectivity index (χ1) is 5.65. The van der Waals surface area contributed by atoms with Crippen molar-refractivity contribution in [3.05, 3.63) is 22.3 Å². The molecule has 0 aliphatic carbocycles. The van der Waals surface area contributed by atoms with Crippen molar-refractivity contribution in [1.82, 2.24) is 4.98 Å². The summed E-state index contributed by atoms with van der Waals surface area (Å²) in [7, 11) is 1.47. The Kier molecular flexibility index (Phi) is 2.65. The van der Waals surface area contributed by atoms with Crippen molar-refractivity contribution in [3.8, 4) is 5.88 Å². The van der Waals surface area contributed by atoms with E-state index in [1.54, 1.807) is 6.07 Å². The van der Waals surface area contributed by atoms with Gasteiger partial charge in [0.15, 0.2) is 0 Å². The highest BCUT2D eigenvalue weighted by molar-refractivity contribution is 9.10. The summed E-state index contributed by atoms with van der Waals surface area (Å²) in [4.78, 5) is 14.5. The third kappa shape index (κ3) is 1.73. The number of amides is 1. The minimum Gasteiger partial charge on any atom is -0.480 e. The van der Waals surface area contributed by atoms with Gasteiger partial charge in [-0.1, -0.05) is 0 Å². The minimum atomic E-state index is -0.569. The van der Waals surface area contributed by atoms with Crippen LogP contribution in [0.4, 0.5) is 0 Å². The number of primary amides is 1. The van der Waals surface area contributed by atoms with E-state index in [2.05, 4.69) is 20.9 Å². The average molecular weight is 231 g/mol. The van der Waals surface area contributed by atoms with Crippen LogP contribution >= 0.6 is 15.9 Å². The molecule has 0 radical (unpaired) electrons. The predicted molar refractivity (Wildman–Crippen MR) is 47.0 cm³/mol. The Morgan fingerprint density at radius 1 is 1.67 bits per heavy atom. The maximum atomic E-state index is 10.7. The smallest absolute Gasteiger partial charge is 0.267 e. The highest BCUT2D eigenvalue weighted by atomic mass is 79.9. The van der Waals surface area contributed by atoms with Gasteiger partial charge < -0.3 is 10.5 Å². The molecule has 0 aliphatic heterocycles. The van der Waals surface area contributed by atoms with E-state index in [9.17, 15) is 4.79 Å². The van der Waals surface area contributed by atoms with Crippen LogP contribution in [0.5, 0.6) is 5.88 Å². The lowest BCUT2D eigenvalue weighted by molar-refractivity contribution is 0.0994. The standard InChI is InChI=1S/C7H7BrN2O2/c1-12-7-4(8)2-3-5(10-7)6(9)11/h2-3H,1H3,(H2,9,11). The molecule has 0 aliphatic rings. The number of hydrogen-bond acceptors (Lipinski definition) is 3. The number of nitrogens with zero attached hydrogens (tertiary/aromatic N) is 1. The molecular weight excluding hydrogens is 224 g/mol. The molecule has 1 heterocycles. The topological polar surface area (TPSA) is 65.2 Å². The molecule has 1 amide bonds. The molecule has 0 aromatic carbocycles. The van der Waals surface area contributed by atoms with Crippen molar-refractivity contribution in [3.63, 3.8) is 0 Å². The summed E-state index contributed by atoms with van der Waals surface area (Å²) < 4.78 is 5.56. The summed E-state index contributed by atoms with van der Waals surface area (Å²) in [5, 5.41) is 0. The number of rotatable bonds is 2. The monoisotopic (exact) mass is 230 g/mol. The first-order valence-electron chi connectivity index (χ1n) is 3.15. The van der Waals surface area contributed by atoms with Crippen LogP contribution in [0.2, 0.25) is 0 Å². The van der Waals surface area contributed by atoms with Crippen LogP contribution in [0.1, 0.15) is 10.5 Å². The average Bonchev–Trinajstić information content (AvgIpc) is 2.05. The molecule has 5 heteroatoms. The van der Waals surface area contributed by atoms with Crippen LogP contribution in [0.25, 0.3) is 0 Å². The number of pyridine rings is 1. The molecule has 1 aromatic rings. The van der Waals surface area contributed by atoms with Gasteiger partial charge >= 0.3 is 0 Å². The number of nitrogens with two attached hydrogens (primary N) is 1. The van der Waals surface area contributed by atoms with Gasteiger partial charge in [0.2, 0.25) is 5.88 Å². The molecule has 0 bridgehead atoms. The zero-order valence-corrected chi connectivity index (χ0v) is 7.96. The fraction of sp³-hybridized carbons (Fsp3) is 0.143. The normalized spacial score (nSPS) is 9.50. The van der Waals surface area contributed by atoms with E-state index in [-0.39, 0.29) is 5.69 Å². The summed E-state index contributed by atoms with van der Waals surface area (Å²) in [6.07, 6.45) is 0. The quantitative estimate of drug-likeness (QED) is 0.823. The third-order valence-electron chi connectivity index (χ3n) is 1.26. The maximum absolute atomic E-state index is 10.7. The molecule has 0 spiro atoms. The van der Waals surface area contributed by atoms with Crippen molar-refractivity contribution in [2.75, 3.05) is 7.11 Å². The number of hydrogen-bond donors (Lipinski definition) is 1. The first kappa shape index (κ1) is 8.99. The number of halogens is 1. The van der Waals surface area contributed by atoms with E-state index in [1.165, 1.54) is 13.2 Å². The molecule has 1 rings (SSSR count). The highest BCUT2D eigenvalue weighted by Crippen LogP contribution is 2.21. The molecule has 0 atom stereocenters. The maximum Gasteiger partial charge on any atom is 0.267 e. The van der Waals surface area contributed by atoms with Gasteiger partial charge in [0.1, 0.15) is 5.69 Å². The summed E-state index contributed by atoms with van der Waals surface area (Å²) >= 11 is 3.20. The molecule has 2 N–H and O–H groups in total. The molecule has 1 aromatic heterocycles. The van der Waals surface area contributed by atoms with Gasteiger partial charge in [-0.3, -0.25) is 4.79 Å². The van der Waals surface area contributed by atoms with Crippen molar-refractivity contribution in [1.29, 1.82) is 0 Å². The molecule has 64 valence electrons. The van der Waals surface area contributed by atoms with Crippen molar-refractivity contribution in [2.45, 2.75) is 0 Å². The lowest BCUT2D eigenvalue weighted by atomic mass is 10.3. The molecule has 0 unspecified atom stereocenters. The zero-order valence-electron chi connectivity index (χ0n) is 6.37. The largest absolute Gasteiger partial charge is 0.480 e. The fourth-order valence-corrected chi connectivity index (χ4v) is 1.09. The second-order valence-corrected chi connectivity index (χ2v) is 2.91. The number of methoxy groups -OCH3 is 1. The number of aromatic nitrogens is 1. The number of carbonyl (C=O) groups excluding carboxylic acids is 1. The summed E-state index contributed by atoms with van der Waals surface area (Å²) in [5.41, 5.74) is 5.20. The first-order valence-corrected chi connectivity index (χ1v) is 3.95. The number of ether oxygens (including phenoxy) is 1. The van der Waals surface area contributed by atoms with Crippen LogP contribution in [0.15, 0.2) is 16.6 Å². The Hall–Kier alpha value is -1.10. The van der Waals surface area contributed by atoms with E-state index in [1.807, 2.05) is 0 Å².